The third-order valence-electron chi connectivity index (χ3n) is 5.21. The van der Waals surface area contributed by atoms with E-state index in [0.717, 1.165) is 25.7 Å². The van der Waals surface area contributed by atoms with Gasteiger partial charge in [-0.2, -0.15) is 0 Å². The summed E-state index contributed by atoms with van der Waals surface area (Å²) in [6.45, 7) is 3.37. The Morgan fingerprint density at radius 2 is 1.94 bits per heavy atom. The Morgan fingerprint density at radius 1 is 1.22 bits per heavy atom. The Hall–Kier alpha value is -0.450. The summed E-state index contributed by atoms with van der Waals surface area (Å²) in [6.07, 6.45) is 4.06. The summed E-state index contributed by atoms with van der Waals surface area (Å²) in [6, 6.07) is 0. The van der Waals surface area contributed by atoms with Gasteiger partial charge in [0.25, 0.3) is 0 Å². The summed E-state index contributed by atoms with van der Waals surface area (Å²) in [5.41, 5.74) is -0.268. The quantitative estimate of drug-likeness (QED) is 0.714. The second-order valence-corrected chi connectivity index (χ2v) is 6.18. The maximum absolute atomic E-state index is 12.3. The highest BCUT2D eigenvalue weighted by Crippen LogP contribution is 2.56. The van der Waals surface area contributed by atoms with Gasteiger partial charge in [0.05, 0.1) is 19.3 Å². The van der Waals surface area contributed by atoms with Crippen LogP contribution in [-0.4, -0.2) is 36.0 Å². The largest absolute Gasteiger partial charge is 0.393 e. The molecule has 0 bridgehead atoms. The summed E-state index contributed by atoms with van der Waals surface area (Å²) in [4.78, 5) is 12.3. The third kappa shape index (κ3) is 1.66. The smallest absolute Gasteiger partial charge is 0.174 e. The van der Waals surface area contributed by atoms with E-state index in [-0.39, 0.29) is 17.1 Å². The van der Waals surface area contributed by atoms with Crippen LogP contribution in [0.4, 0.5) is 0 Å². The van der Waals surface area contributed by atoms with Crippen molar-refractivity contribution >= 4 is 5.78 Å². The molecule has 1 aliphatic heterocycles. The number of Topliss-reactive ketones (excluding diaryl/α,β-unsaturated/α-hetero) is 1. The molecule has 3 atom stereocenters. The highest BCUT2D eigenvalue weighted by atomic mass is 16.7. The number of hydrogen-bond acceptors (Lipinski definition) is 4. The van der Waals surface area contributed by atoms with Gasteiger partial charge < -0.3 is 14.6 Å². The van der Waals surface area contributed by atoms with E-state index in [2.05, 4.69) is 6.92 Å². The van der Waals surface area contributed by atoms with Crippen molar-refractivity contribution in [3.05, 3.63) is 0 Å². The zero-order valence-corrected chi connectivity index (χ0v) is 11.0. The van der Waals surface area contributed by atoms with Crippen LogP contribution in [0.3, 0.4) is 0 Å². The molecule has 3 rings (SSSR count). The lowest BCUT2D eigenvalue weighted by molar-refractivity contribution is -0.266. The number of aliphatic hydroxyl groups is 1. The minimum absolute atomic E-state index is 0.0125. The molecule has 1 heterocycles. The van der Waals surface area contributed by atoms with E-state index in [9.17, 15) is 9.90 Å². The van der Waals surface area contributed by atoms with Gasteiger partial charge in [0.1, 0.15) is 5.78 Å². The van der Waals surface area contributed by atoms with Crippen molar-refractivity contribution in [1.29, 1.82) is 0 Å². The highest BCUT2D eigenvalue weighted by Gasteiger charge is 2.60. The van der Waals surface area contributed by atoms with Crippen molar-refractivity contribution in [2.45, 2.75) is 57.3 Å². The van der Waals surface area contributed by atoms with Crippen molar-refractivity contribution in [3.63, 3.8) is 0 Å². The molecule has 3 fully saturated rings. The molecule has 1 N–H and O–H groups in total. The van der Waals surface area contributed by atoms with Gasteiger partial charge in [-0.3, -0.25) is 4.79 Å². The molecule has 3 aliphatic rings. The molecule has 0 amide bonds. The Balaban J connectivity index is 1.98. The molecule has 4 nitrogen and oxygen atoms in total. The number of rotatable bonds is 0. The van der Waals surface area contributed by atoms with Crippen LogP contribution in [0, 0.1) is 11.3 Å². The van der Waals surface area contributed by atoms with Crippen LogP contribution in [0.2, 0.25) is 0 Å². The molecule has 2 saturated carbocycles. The lowest BCUT2D eigenvalue weighted by Crippen LogP contribution is -2.55. The maximum atomic E-state index is 12.3. The molecule has 0 aromatic carbocycles. The van der Waals surface area contributed by atoms with Gasteiger partial charge in [0.15, 0.2) is 5.79 Å². The topological polar surface area (TPSA) is 55.8 Å². The van der Waals surface area contributed by atoms with Crippen LogP contribution < -0.4 is 0 Å². The Labute approximate surface area is 108 Å². The van der Waals surface area contributed by atoms with Gasteiger partial charge in [-0.1, -0.05) is 6.92 Å². The number of carbonyl (C=O) groups excluding carboxylic acids is 1. The van der Waals surface area contributed by atoms with Crippen molar-refractivity contribution in [2.24, 2.45) is 11.3 Å². The average molecular weight is 254 g/mol. The number of carbonyl (C=O) groups is 1. The highest BCUT2D eigenvalue weighted by molar-refractivity contribution is 5.83. The minimum Gasteiger partial charge on any atom is -0.393 e. The first-order chi connectivity index (χ1) is 8.57. The number of ketones is 1. The second kappa shape index (κ2) is 4.29. The summed E-state index contributed by atoms with van der Waals surface area (Å²) in [5, 5.41) is 9.85. The van der Waals surface area contributed by atoms with Gasteiger partial charge in [-0.15, -0.1) is 0 Å². The Morgan fingerprint density at radius 3 is 2.67 bits per heavy atom. The molecule has 0 aromatic heterocycles. The predicted molar refractivity (Wildman–Crippen MR) is 64.9 cm³/mol. The fourth-order valence-electron chi connectivity index (χ4n) is 4.16. The molecule has 1 unspecified atom stereocenters. The SMILES string of the molecule is C[C@@]12CCC(O)CC(=O)[C@H]1CCCC21OCCO1. The lowest BCUT2D eigenvalue weighted by atomic mass is 9.60. The van der Waals surface area contributed by atoms with Gasteiger partial charge >= 0.3 is 0 Å². The fraction of sp³-hybridized carbons (Fsp3) is 0.929. The van der Waals surface area contributed by atoms with Crippen molar-refractivity contribution < 1.29 is 19.4 Å². The Bertz CT molecular complexity index is 348. The molecule has 0 aromatic rings. The minimum atomic E-state index is -0.574. The summed E-state index contributed by atoms with van der Waals surface area (Å²) >= 11 is 0. The van der Waals surface area contributed by atoms with Crippen LogP contribution in [0.5, 0.6) is 0 Å². The molecular formula is C14H22O4. The van der Waals surface area contributed by atoms with Gasteiger partial charge in [-0.25, -0.2) is 0 Å². The molecule has 2 aliphatic carbocycles. The first kappa shape index (κ1) is 12.6. The summed E-state index contributed by atoms with van der Waals surface area (Å²) < 4.78 is 11.9. The van der Waals surface area contributed by atoms with E-state index in [1.807, 2.05) is 0 Å². The van der Waals surface area contributed by atoms with Crippen molar-refractivity contribution in [2.75, 3.05) is 13.2 Å². The van der Waals surface area contributed by atoms with E-state index in [1.165, 1.54) is 0 Å². The number of fused-ring (bicyclic) bond motifs is 2. The van der Waals surface area contributed by atoms with Crippen LogP contribution in [-0.2, 0) is 14.3 Å². The lowest BCUT2D eigenvalue weighted by Gasteiger charge is -2.51. The summed E-state index contributed by atoms with van der Waals surface area (Å²) in [7, 11) is 0. The second-order valence-electron chi connectivity index (χ2n) is 6.18. The molecule has 102 valence electrons. The van der Waals surface area contributed by atoms with Crippen molar-refractivity contribution in [3.8, 4) is 0 Å². The van der Waals surface area contributed by atoms with E-state index in [4.69, 9.17) is 9.47 Å². The zero-order valence-electron chi connectivity index (χ0n) is 11.0. The summed E-state index contributed by atoms with van der Waals surface area (Å²) in [5.74, 6) is -0.391. The maximum Gasteiger partial charge on any atom is 0.174 e. The molecule has 4 heteroatoms. The van der Waals surface area contributed by atoms with E-state index in [0.29, 0.717) is 26.1 Å². The van der Waals surface area contributed by atoms with Crippen LogP contribution >= 0.6 is 0 Å². The van der Waals surface area contributed by atoms with Gasteiger partial charge in [-0.05, 0) is 25.7 Å². The fourth-order valence-corrected chi connectivity index (χ4v) is 4.16. The first-order valence-electron chi connectivity index (χ1n) is 7.06. The first-order valence-corrected chi connectivity index (χ1v) is 7.06. The van der Waals surface area contributed by atoms with Crippen molar-refractivity contribution in [1.82, 2.24) is 0 Å². The number of aliphatic hydroxyl groups excluding tert-OH is 1. The van der Waals surface area contributed by atoms with E-state index < -0.39 is 11.9 Å². The number of hydrogen-bond donors (Lipinski definition) is 1. The van der Waals surface area contributed by atoms with E-state index in [1.54, 1.807) is 0 Å². The van der Waals surface area contributed by atoms with Gasteiger partial charge in [0, 0.05) is 24.2 Å². The normalized spacial score (nSPS) is 43.8. The van der Waals surface area contributed by atoms with Crippen LogP contribution in [0.1, 0.15) is 45.4 Å². The molecule has 0 radical (unpaired) electrons. The average Bonchev–Trinajstić information content (AvgIpc) is 2.76. The standard InChI is InChI=1S/C14H22O4/c1-13-6-4-10(15)9-12(16)11(13)3-2-5-14(13)17-7-8-18-14/h10-11,15H,2-9H2,1H3/t10?,11-,13-/m1/s1. The predicted octanol–water partition coefficient (Wildman–Crippen LogP) is 1.65. The monoisotopic (exact) mass is 254 g/mol. The van der Waals surface area contributed by atoms with Gasteiger partial charge in [0.2, 0.25) is 0 Å². The molecule has 1 spiro atoms. The molecule has 1 saturated heterocycles. The van der Waals surface area contributed by atoms with Crippen LogP contribution in [0.15, 0.2) is 0 Å². The third-order valence-corrected chi connectivity index (χ3v) is 5.21. The van der Waals surface area contributed by atoms with Crippen LogP contribution in [0.25, 0.3) is 0 Å². The molecular weight excluding hydrogens is 232 g/mol. The van der Waals surface area contributed by atoms with E-state index >= 15 is 0 Å². The zero-order chi connectivity index (χ0) is 12.8. The Kier molecular flexibility index (Phi) is 3.00. The number of ether oxygens (including phenoxy) is 2. The molecule has 18 heavy (non-hydrogen) atoms.